The molecular formula is C13H21NS2. The average molecular weight is 255 g/mol. The van der Waals surface area contributed by atoms with Crippen LogP contribution in [0, 0.1) is 0 Å². The third kappa shape index (κ3) is 7.20. The van der Waals surface area contributed by atoms with Crippen LogP contribution >= 0.6 is 23.5 Å². The van der Waals surface area contributed by atoms with Gasteiger partial charge in [-0.25, -0.2) is 0 Å². The number of hydrogen-bond donors (Lipinski definition) is 1. The Kier molecular flexibility index (Phi) is 8.77. The largest absolute Gasteiger partial charge is 0.316 e. The number of nitrogens with one attached hydrogen (secondary N) is 1. The molecule has 0 aliphatic carbocycles. The highest BCUT2D eigenvalue weighted by Crippen LogP contribution is 2.15. The topological polar surface area (TPSA) is 12.0 Å². The van der Waals surface area contributed by atoms with Crippen LogP contribution in [0.1, 0.15) is 13.3 Å². The molecule has 0 radical (unpaired) electrons. The van der Waals surface area contributed by atoms with E-state index in [1.54, 1.807) is 0 Å². The second-order valence-corrected chi connectivity index (χ2v) is 6.02. The second-order valence-electron chi connectivity index (χ2n) is 3.46. The van der Waals surface area contributed by atoms with Gasteiger partial charge in [0.15, 0.2) is 0 Å². The molecule has 1 aromatic rings. The normalized spacial score (nSPS) is 10.6. The number of benzene rings is 1. The van der Waals surface area contributed by atoms with E-state index in [-0.39, 0.29) is 0 Å². The Bertz CT molecular complexity index is 251. The molecule has 16 heavy (non-hydrogen) atoms. The van der Waals surface area contributed by atoms with Gasteiger partial charge < -0.3 is 5.32 Å². The van der Waals surface area contributed by atoms with E-state index in [0.29, 0.717) is 0 Å². The first-order valence-corrected chi connectivity index (χ1v) is 8.04. The van der Waals surface area contributed by atoms with Crippen molar-refractivity contribution in [3.63, 3.8) is 0 Å². The van der Waals surface area contributed by atoms with Gasteiger partial charge in [0.2, 0.25) is 0 Å². The molecule has 0 aliphatic heterocycles. The van der Waals surface area contributed by atoms with Crippen molar-refractivity contribution in [2.24, 2.45) is 0 Å². The summed E-state index contributed by atoms with van der Waals surface area (Å²) in [6.07, 6.45) is 1.29. The Hall–Kier alpha value is -0.120. The van der Waals surface area contributed by atoms with Crippen LogP contribution in [0.5, 0.6) is 0 Å². The molecule has 0 unspecified atom stereocenters. The lowest BCUT2D eigenvalue weighted by atomic mass is 10.4. The molecule has 0 spiro atoms. The van der Waals surface area contributed by atoms with Crippen LogP contribution in [-0.4, -0.2) is 30.3 Å². The van der Waals surface area contributed by atoms with E-state index in [2.05, 4.69) is 42.6 Å². The Labute approximate surface area is 108 Å². The second kappa shape index (κ2) is 10.1. The van der Waals surface area contributed by atoms with Crippen molar-refractivity contribution in [3.05, 3.63) is 30.3 Å². The number of hydrogen-bond acceptors (Lipinski definition) is 3. The summed E-state index contributed by atoms with van der Waals surface area (Å²) in [6, 6.07) is 10.6. The van der Waals surface area contributed by atoms with E-state index >= 15 is 0 Å². The lowest BCUT2D eigenvalue weighted by Crippen LogP contribution is -2.18. The highest BCUT2D eigenvalue weighted by molar-refractivity contribution is 7.99. The average Bonchev–Trinajstić information content (AvgIpc) is 2.34. The summed E-state index contributed by atoms with van der Waals surface area (Å²) in [6.45, 7) is 4.48. The van der Waals surface area contributed by atoms with Gasteiger partial charge >= 0.3 is 0 Å². The SMILES string of the molecule is CCSCCCNCCSc1ccccc1. The first kappa shape index (κ1) is 13.9. The lowest BCUT2D eigenvalue weighted by Gasteiger charge is -2.04. The minimum absolute atomic E-state index is 1.11. The molecule has 0 heterocycles. The Balaban J connectivity index is 1.89. The summed E-state index contributed by atoms with van der Waals surface area (Å²) in [4.78, 5) is 1.37. The fourth-order valence-electron chi connectivity index (χ4n) is 1.33. The highest BCUT2D eigenvalue weighted by Gasteiger charge is 1.92. The van der Waals surface area contributed by atoms with Gasteiger partial charge in [0, 0.05) is 17.2 Å². The van der Waals surface area contributed by atoms with E-state index in [1.165, 1.54) is 22.8 Å². The minimum atomic E-state index is 1.11. The van der Waals surface area contributed by atoms with E-state index in [0.717, 1.165) is 18.8 Å². The molecule has 0 saturated heterocycles. The van der Waals surface area contributed by atoms with Crippen LogP contribution in [0.3, 0.4) is 0 Å². The van der Waals surface area contributed by atoms with Crippen LogP contribution in [0.15, 0.2) is 35.2 Å². The van der Waals surface area contributed by atoms with Crippen LogP contribution in [0.4, 0.5) is 0 Å². The summed E-state index contributed by atoms with van der Waals surface area (Å²) in [5.41, 5.74) is 0. The van der Waals surface area contributed by atoms with Gasteiger partial charge in [-0.15, -0.1) is 11.8 Å². The predicted molar refractivity (Wildman–Crippen MR) is 77.7 cm³/mol. The van der Waals surface area contributed by atoms with Crippen molar-refractivity contribution in [3.8, 4) is 0 Å². The van der Waals surface area contributed by atoms with Crippen LogP contribution in [0.25, 0.3) is 0 Å². The van der Waals surface area contributed by atoms with E-state index in [4.69, 9.17) is 0 Å². The standard InChI is InChI=1S/C13H21NS2/c1-2-15-11-6-9-14-10-12-16-13-7-4-3-5-8-13/h3-5,7-8,14H,2,6,9-12H2,1H3. The van der Waals surface area contributed by atoms with E-state index in [9.17, 15) is 0 Å². The molecule has 0 aliphatic rings. The summed E-state index contributed by atoms with van der Waals surface area (Å²) in [5.74, 6) is 3.68. The number of rotatable bonds is 9. The van der Waals surface area contributed by atoms with Gasteiger partial charge in [0.25, 0.3) is 0 Å². The van der Waals surface area contributed by atoms with E-state index < -0.39 is 0 Å². The van der Waals surface area contributed by atoms with E-state index in [1.807, 2.05) is 23.5 Å². The van der Waals surface area contributed by atoms with Crippen molar-refractivity contribution in [1.29, 1.82) is 0 Å². The zero-order valence-electron chi connectivity index (χ0n) is 9.95. The molecule has 1 rings (SSSR count). The Morgan fingerprint density at radius 2 is 1.88 bits per heavy atom. The minimum Gasteiger partial charge on any atom is -0.316 e. The maximum atomic E-state index is 3.48. The molecule has 1 N–H and O–H groups in total. The molecule has 0 amide bonds. The Morgan fingerprint density at radius 1 is 1.06 bits per heavy atom. The Morgan fingerprint density at radius 3 is 2.62 bits per heavy atom. The molecule has 0 fully saturated rings. The van der Waals surface area contributed by atoms with Crippen LogP contribution in [0.2, 0.25) is 0 Å². The summed E-state index contributed by atoms with van der Waals surface area (Å²) in [5, 5.41) is 3.48. The molecule has 90 valence electrons. The van der Waals surface area contributed by atoms with Crippen molar-refractivity contribution >= 4 is 23.5 Å². The molecule has 1 aromatic carbocycles. The summed E-state index contributed by atoms with van der Waals surface area (Å²) >= 11 is 3.94. The van der Waals surface area contributed by atoms with Gasteiger partial charge in [0.05, 0.1) is 0 Å². The van der Waals surface area contributed by atoms with Crippen molar-refractivity contribution < 1.29 is 0 Å². The zero-order chi connectivity index (χ0) is 11.5. The van der Waals surface area contributed by atoms with Crippen molar-refractivity contribution in [2.75, 3.05) is 30.3 Å². The summed E-state index contributed by atoms with van der Waals surface area (Å²) < 4.78 is 0. The fourth-order valence-corrected chi connectivity index (χ4v) is 2.80. The molecule has 1 nitrogen and oxygen atoms in total. The third-order valence-electron chi connectivity index (χ3n) is 2.14. The van der Waals surface area contributed by atoms with Gasteiger partial charge in [-0.05, 0) is 36.6 Å². The maximum absolute atomic E-state index is 3.48. The van der Waals surface area contributed by atoms with Gasteiger partial charge in [-0.3, -0.25) is 0 Å². The number of thioether (sulfide) groups is 2. The first-order valence-electron chi connectivity index (χ1n) is 5.90. The summed E-state index contributed by atoms with van der Waals surface area (Å²) in [7, 11) is 0. The quantitative estimate of drug-likeness (QED) is 0.536. The highest BCUT2D eigenvalue weighted by atomic mass is 32.2. The van der Waals surface area contributed by atoms with Crippen molar-refractivity contribution in [1.82, 2.24) is 5.32 Å². The van der Waals surface area contributed by atoms with Gasteiger partial charge in [-0.2, -0.15) is 11.8 Å². The molecule has 3 heteroatoms. The molecular weight excluding hydrogens is 234 g/mol. The van der Waals surface area contributed by atoms with Crippen molar-refractivity contribution in [2.45, 2.75) is 18.2 Å². The third-order valence-corrected chi connectivity index (χ3v) is 4.14. The maximum Gasteiger partial charge on any atom is 0.0106 e. The molecule has 0 bridgehead atoms. The fraction of sp³-hybridized carbons (Fsp3) is 0.538. The molecule has 0 saturated carbocycles. The monoisotopic (exact) mass is 255 g/mol. The first-order chi connectivity index (χ1) is 7.93. The van der Waals surface area contributed by atoms with Gasteiger partial charge in [0.1, 0.15) is 0 Å². The zero-order valence-corrected chi connectivity index (χ0v) is 11.6. The van der Waals surface area contributed by atoms with Crippen LogP contribution < -0.4 is 5.32 Å². The van der Waals surface area contributed by atoms with Gasteiger partial charge in [-0.1, -0.05) is 25.1 Å². The molecule has 0 aromatic heterocycles. The lowest BCUT2D eigenvalue weighted by molar-refractivity contribution is 0.711. The smallest absolute Gasteiger partial charge is 0.0106 e. The van der Waals surface area contributed by atoms with Crippen LogP contribution in [-0.2, 0) is 0 Å². The molecule has 0 atom stereocenters. The predicted octanol–water partition coefficient (Wildman–Crippen LogP) is 3.51.